The molecule has 0 aliphatic rings. The molecule has 0 saturated carbocycles. The number of aliphatic hydroxyl groups excluding tert-OH is 7. The van der Waals surface area contributed by atoms with Crippen LogP contribution >= 0.6 is 0 Å². The molecule has 0 amide bonds. The predicted molar refractivity (Wildman–Crippen MR) is 131 cm³/mol. The first kappa shape index (κ1) is 52.5. The third kappa shape index (κ3) is 303. The summed E-state index contributed by atoms with van der Waals surface area (Å²) in [6, 6.07) is 0. The maximum atomic E-state index is 7.57. The molecule has 0 bridgehead atoms. The van der Waals surface area contributed by atoms with Crippen molar-refractivity contribution in [3.63, 3.8) is 0 Å². The molecule has 0 fully saturated rings. The summed E-state index contributed by atoms with van der Waals surface area (Å²) in [6.07, 6.45) is 2.29. The summed E-state index contributed by atoms with van der Waals surface area (Å²) in [4.78, 5) is 0. The van der Waals surface area contributed by atoms with Crippen LogP contribution in [-0.2, 0) is 9.47 Å². The third-order valence-electron chi connectivity index (χ3n) is 1.71. The Morgan fingerprint density at radius 1 is 0.484 bits per heavy atom. The van der Waals surface area contributed by atoms with Gasteiger partial charge in [-0.2, -0.15) is 0 Å². The van der Waals surface area contributed by atoms with Gasteiger partial charge in [-0.1, -0.05) is 13.3 Å². The van der Waals surface area contributed by atoms with Crippen LogP contribution in [0.1, 0.15) is 68.2 Å². The second-order valence-electron chi connectivity index (χ2n) is 4.72. The zero-order valence-electron chi connectivity index (χ0n) is 22.3. The van der Waals surface area contributed by atoms with E-state index in [0.717, 1.165) is 19.6 Å². The summed E-state index contributed by atoms with van der Waals surface area (Å²) in [5, 5.41) is 53.0. The smallest absolute Gasteiger partial charge is 0.0491 e. The topological polar surface area (TPSA) is 160 Å². The first-order valence-electron chi connectivity index (χ1n) is 11.0. The van der Waals surface area contributed by atoms with Crippen LogP contribution in [0.3, 0.4) is 0 Å². The van der Waals surface area contributed by atoms with Gasteiger partial charge < -0.3 is 45.2 Å². The quantitative estimate of drug-likeness (QED) is 0.308. The minimum Gasteiger partial charge on any atom is -0.397 e. The number of aliphatic hydroxyl groups is 7. The predicted octanol–water partition coefficient (Wildman–Crippen LogP) is 1.69. The van der Waals surface area contributed by atoms with Crippen LogP contribution in [0.5, 0.6) is 0 Å². The van der Waals surface area contributed by atoms with Crippen molar-refractivity contribution >= 4 is 0 Å². The molecule has 0 aliphatic heterocycles. The zero-order chi connectivity index (χ0) is 26.8. The van der Waals surface area contributed by atoms with Gasteiger partial charge in [0.2, 0.25) is 0 Å². The molecule has 0 rings (SSSR count). The standard InChI is InChI=1S/C8H18O2.7C2H6O/c1-4-8(7-10-3)5-6-9-2;7*1-2-3/h8H,4-7H2,1-3H3;7*3H,2H2,1H3. The fourth-order valence-corrected chi connectivity index (χ4v) is 0.926. The largest absolute Gasteiger partial charge is 0.397 e. The van der Waals surface area contributed by atoms with E-state index in [0.29, 0.717) is 5.92 Å². The van der Waals surface area contributed by atoms with Crippen molar-refractivity contribution in [1.29, 1.82) is 0 Å². The Labute approximate surface area is 193 Å². The molecule has 0 aliphatic carbocycles. The van der Waals surface area contributed by atoms with Crippen LogP contribution in [0.2, 0.25) is 0 Å². The summed E-state index contributed by atoms with van der Waals surface area (Å²) in [5.74, 6) is 0.671. The molecule has 0 aromatic carbocycles. The summed E-state index contributed by atoms with van der Waals surface area (Å²) in [7, 11) is 3.48. The van der Waals surface area contributed by atoms with Crippen LogP contribution in [0.4, 0.5) is 0 Å². The van der Waals surface area contributed by atoms with Crippen LogP contribution in [-0.4, -0.2) is 109 Å². The van der Waals surface area contributed by atoms with Crippen molar-refractivity contribution < 1.29 is 45.2 Å². The Hall–Kier alpha value is -0.360. The number of rotatable bonds is 6. The molecule has 0 aromatic rings. The van der Waals surface area contributed by atoms with Gasteiger partial charge in [-0.25, -0.2) is 0 Å². The second-order valence-corrected chi connectivity index (χ2v) is 4.72. The maximum Gasteiger partial charge on any atom is 0.0491 e. The lowest BCUT2D eigenvalue weighted by Crippen LogP contribution is -2.09. The summed E-state index contributed by atoms with van der Waals surface area (Å²) in [5.41, 5.74) is 0. The monoisotopic (exact) mass is 468 g/mol. The first-order valence-corrected chi connectivity index (χ1v) is 11.0. The Bertz CT molecular complexity index is 135. The summed E-state index contributed by atoms with van der Waals surface area (Å²) < 4.78 is 10.0. The van der Waals surface area contributed by atoms with Gasteiger partial charge in [0.05, 0.1) is 0 Å². The normalized spacial score (nSPS) is 8.42. The van der Waals surface area contributed by atoms with E-state index in [1.165, 1.54) is 6.42 Å². The van der Waals surface area contributed by atoms with Gasteiger partial charge in [-0.3, -0.25) is 0 Å². The highest BCUT2D eigenvalue weighted by molar-refractivity contribution is 4.54. The van der Waals surface area contributed by atoms with Gasteiger partial charge in [-0.05, 0) is 60.8 Å². The molecule has 7 N–H and O–H groups in total. The Balaban J connectivity index is -0.0000000356. The Morgan fingerprint density at radius 3 is 0.839 bits per heavy atom. The molecule has 31 heavy (non-hydrogen) atoms. The average Bonchev–Trinajstić information content (AvgIpc) is 2.69. The van der Waals surface area contributed by atoms with Crippen LogP contribution in [0, 0.1) is 5.92 Å². The highest BCUT2D eigenvalue weighted by Gasteiger charge is 2.03. The Morgan fingerprint density at radius 2 is 0.710 bits per heavy atom. The number of ether oxygens (including phenoxy) is 2. The van der Waals surface area contributed by atoms with Gasteiger partial charge in [0, 0.05) is 73.7 Å². The SMILES string of the molecule is CCC(CCOC)COC.CCO.CCO.CCO.CCO.CCO.CCO.CCO. The van der Waals surface area contributed by atoms with Crippen LogP contribution in [0.25, 0.3) is 0 Å². The number of hydrogen-bond acceptors (Lipinski definition) is 9. The maximum absolute atomic E-state index is 7.57. The lowest BCUT2D eigenvalue weighted by atomic mass is 10.0. The summed E-state index contributed by atoms with van der Waals surface area (Å²) >= 11 is 0. The van der Waals surface area contributed by atoms with Gasteiger partial charge in [0.25, 0.3) is 0 Å². The van der Waals surface area contributed by atoms with E-state index in [4.69, 9.17) is 45.2 Å². The number of methoxy groups -OCH3 is 2. The molecule has 0 radical (unpaired) electrons. The Kier molecular flexibility index (Phi) is 168. The third-order valence-corrected chi connectivity index (χ3v) is 1.71. The van der Waals surface area contributed by atoms with Gasteiger partial charge >= 0.3 is 0 Å². The minimum atomic E-state index is 0.250. The van der Waals surface area contributed by atoms with E-state index in [9.17, 15) is 0 Å². The van der Waals surface area contributed by atoms with Gasteiger partial charge in [0.1, 0.15) is 0 Å². The van der Waals surface area contributed by atoms with E-state index in [2.05, 4.69) is 6.92 Å². The first-order chi connectivity index (χ1) is 14.7. The van der Waals surface area contributed by atoms with Gasteiger partial charge in [0.15, 0.2) is 0 Å². The van der Waals surface area contributed by atoms with Crippen LogP contribution < -0.4 is 0 Å². The van der Waals surface area contributed by atoms with E-state index in [1.807, 2.05) is 0 Å². The van der Waals surface area contributed by atoms with Crippen LogP contribution in [0.15, 0.2) is 0 Å². The van der Waals surface area contributed by atoms with Crippen molar-refractivity contribution in [2.75, 3.05) is 73.7 Å². The highest BCUT2D eigenvalue weighted by atomic mass is 16.5. The van der Waals surface area contributed by atoms with E-state index >= 15 is 0 Å². The second kappa shape index (κ2) is 99.4. The van der Waals surface area contributed by atoms with E-state index < -0.39 is 0 Å². The molecule has 9 heteroatoms. The van der Waals surface area contributed by atoms with Crippen molar-refractivity contribution in [3.05, 3.63) is 0 Å². The molecule has 0 aromatic heterocycles. The van der Waals surface area contributed by atoms with Gasteiger partial charge in [-0.15, -0.1) is 0 Å². The molecule has 0 saturated heterocycles. The molecule has 202 valence electrons. The molecule has 0 heterocycles. The van der Waals surface area contributed by atoms with Crippen molar-refractivity contribution in [1.82, 2.24) is 0 Å². The van der Waals surface area contributed by atoms with E-state index in [-0.39, 0.29) is 46.2 Å². The lowest BCUT2D eigenvalue weighted by molar-refractivity contribution is 0.116. The van der Waals surface area contributed by atoms with Crippen molar-refractivity contribution in [2.45, 2.75) is 68.2 Å². The molecule has 0 spiro atoms. The molecule has 1 unspecified atom stereocenters. The number of hydrogen-bond donors (Lipinski definition) is 7. The fraction of sp³-hybridized carbons (Fsp3) is 1.00. The average molecular weight is 469 g/mol. The minimum absolute atomic E-state index is 0.250. The molecule has 1 atom stereocenters. The molecular formula is C22H60O9. The molecule has 9 nitrogen and oxygen atoms in total. The zero-order valence-corrected chi connectivity index (χ0v) is 22.3. The lowest BCUT2D eigenvalue weighted by Gasteiger charge is -2.11. The summed E-state index contributed by atoms with van der Waals surface area (Å²) in [6.45, 7) is 17.4. The highest BCUT2D eigenvalue weighted by Crippen LogP contribution is 2.07. The van der Waals surface area contributed by atoms with E-state index in [1.54, 1.807) is 62.7 Å². The van der Waals surface area contributed by atoms with Crippen molar-refractivity contribution in [2.24, 2.45) is 5.92 Å². The fourth-order valence-electron chi connectivity index (χ4n) is 0.926. The van der Waals surface area contributed by atoms with Crippen molar-refractivity contribution in [3.8, 4) is 0 Å². The molecular weight excluding hydrogens is 408 g/mol.